The lowest BCUT2D eigenvalue weighted by Crippen LogP contribution is -2.52. The number of carbonyl (C=O) groups excluding carboxylic acids is 1. The molecular weight excluding hydrogens is 296 g/mol. The first-order valence-corrected chi connectivity index (χ1v) is 9.68. The van der Waals surface area contributed by atoms with Crippen molar-refractivity contribution >= 4 is 5.97 Å². The van der Waals surface area contributed by atoms with E-state index in [0.29, 0.717) is 23.9 Å². The quantitative estimate of drug-likeness (QED) is 0.491. The monoisotopic (exact) mass is 330 g/mol. The second-order valence-electron chi connectivity index (χ2n) is 9.49. The molecule has 0 aromatic rings. The third-order valence-corrected chi connectivity index (χ3v) is 7.67. The van der Waals surface area contributed by atoms with Crippen molar-refractivity contribution in [3.8, 4) is 0 Å². The molecule has 2 fully saturated rings. The van der Waals surface area contributed by atoms with Gasteiger partial charge in [0.15, 0.2) is 0 Å². The van der Waals surface area contributed by atoms with Crippen LogP contribution in [-0.2, 0) is 9.53 Å². The fourth-order valence-corrected chi connectivity index (χ4v) is 6.18. The van der Waals surface area contributed by atoms with E-state index in [-0.39, 0.29) is 16.8 Å². The molecule has 134 valence electrons. The van der Waals surface area contributed by atoms with Crippen molar-refractivity contribution in [1.82, 2.24) is 0 Å². The van der Waals surface area contributed by atoms with Gasteiger partial charge >= 0.3 is 5.97 Å². The van der Waals surface area contributed by atoms with Gasteiger partial charge < -0.3 is 4.74 Å². The van der Waals surface area contributed by atoms with Crippen LogP contribution in [0.3, 0.4) is 0 Å². The number of hydrogen-bond acceptors (Lipinski definition) is 2. The van der Waals surface area contributed by atoms with Gasteiger partial charge in [0.05, 0.1) is 6.61 Å². The molecule has 0 heterocycles. The zero-order valence-electron chi connectivity index (χ0n) is 16.0. The van der Waals surface area contributed by atoms with Gasteiger partial charge in [0, 0.05) is 12.3 Å². The average Bonchev–Trinajstić information content (AvgIpc) is 2.52. The summed E-state index contributed by atoms with van der Waals surface area (Å²) in [5, 5.41) is 0. The molecule has 2 nitrogen and oxygen atoms in total. The second kappa shape index (κ2) is 6.04. The van der Waals surface area contributed by atoms with Gasteiger partial charge in [0.1, 0.15) is 0 Å². The molecule has 2 saturated carbocycles. The molecule has 0 bridgehead atoms. The van der Waals surface area contributed by atoms with Crippen LogP contribution in [0.25, 0.3) is 0 Å². The Balaban J connectivity index is 1.88. The highest BCUT2D eigenvalue weighted by molar-refractivity contribution is 5.65. The predicted octanol–water partition coefficient (Wildman–Crippen LogP) is 5.68. The lowest BCUT2D eigenvalue weighted by molar-refractivity contribution is -0.151. The SMILES string of the molecule is C=C[C@@]1(C)CCC2C(=CCC3[C@](C)(COC(C)=O)CCC[C@]23C)C1. The first-order valence-electron chi connectivity index (χ1n) is 9.68. The standard InChI is InChI=1S/C22H34O2/c1-6-20(3)13-10-18-17(14-20)8-9-19-21(4,15-24-16(2)23)11-7-12-22(18,19)5/h6,8,18-19H,1,7,9-15H2,2-5H3/t18?,19?,20-,21-,22+/m0/s1. The van der Waals surface area contributed by atoms with Gasteiger partial charge in [-0.15, -0.1) is 6.58 Å². The Hall–Kier alpha value is -1.05. The summed E-state index contributed by atoms with van der Waals surface area (Å²) < 4.78 is 5.49. The van der Waals surface area contributed by atoms with Crippen LogP contribution < -0.4 is 0 Å². The number of hydrogen-bond donors (Lipinski definition) is 0. The highest BCUT2D eigenvalue weighted by atomic mass is 16.5. The Morgan fingerprint density at radius 3 is 2.75 bits per heavy atom. The lowest BCUT2D eigenvalue weighted by Gasteiger charge is -2.59. The van der Waals surface area contributed by atoms with Crippen molar-refractivity contribution in [2.24, 2.45) is 28.1 Å². The topological polar surface area (TPSA) is 26.3 Å². The first kappa shape index (κ1) is 17.8. The molecule has 5 atom stereocenters. The fourth-order valence-electron chi connectivity index (χ4n) is 6.18. The third kappa shape index (κ3) is 2.86. The Morgan fingerprint density at radius 2 is 2.08 bits per heavy atom. The molecule has 0 radical (unpaired) electrons. The zero-order chi connectivity index (χ0) is 17.6. The van der Waals surface area contributed by atoms with E-state index >= 15 is 0 Å². The van der Waals surface area contributed by atoms with Gasteiger partial charge in [-0.1, -0.05) is 44.9 Å². The fraction of sp³-hybridized carbons (Fsp3) is 0.773. The summed E-state index contributed by atoms with van der Waals surface area (Å²) >= 11 is 0. The molecule has 0 saturated heterocycles. The number of carbonyl (C=O) groups is 1. The van der Waals surface area contributed by atoms with E-state index in [2.05, 4.69) is 39.5 Å². The molecule has 0 aromatic heterocycles. The summed E-state index contributed by atoms with van der Waals surface area (Å²) in [5.74, 6) is 1.19. The number of rotatable bonds is 3. The van der Waals surface area contributed by atoms with Gasteiger partial charge in [-0.05, 0) is 61.2 Å². The van der Waals surface area contributed by atoms with Crippen LogP contribution in [-0.4, -0.2) is 12.6 Å². The molecule has 0 spiro atoms. The van der Waals surface area contributed by atoms with Crippen molar-refractivity contribution in [1.29, 1.82) is 0 Å². The van der Waals surface area contributed by atoms with Crippen LogP contribution in [0.2, 0.25) is 0 Å². The van der Waals surface area contributed by atoms with E-state index < -0.39 is 0 Å². The summed E-state index contributed by atoms with van der Waals surface area (Å²) in [4.78, 5) is 11.4. The minimum absolute atomic E-state index is 0.125. The van der Waals surface area contributed by atoms with Gasteiger partial charge in [0.2, 0.25) is 0 Å². The first-order chi connectivity index (χ1) is 11.2. The molecule has 0 amide bonds. The molecule has 2 heteroatoms. The molecule has 3 rings (SSSR count). The molecule has 0 N–H and O–H groups in total. The largest absolute Gasteiger partial charge is 0.465 e. The Kier molecular flexibility index (Phi) is 4.47. The maximum atomic E-state index is 11.4. The summed E-state index contributed by atoms with van der Waals surface area (Å²) in [6.45, 7) is 13.4. The van der Waals surface area contributed by atoms with E-state index in [1.165, 1.54) is 45.4 Å². The third-order valence-electron chi connectivity index (χ3n) is 7.67. The summed E-state index contributed by atoms with van der Waals surface area (Å²) in [6.07, 6.45) is 13.3. The Bertz CT molecular complexity index is 562. The van der Waals surface area contributed by atoms with Crippen molar-refractivity contribution < 1.29 is 9.53 Å². The van der Waals surface area contributed by atoms with Crippen molar-refractivity contribution in [3.05, 3.63) is 24.3 Å². The van der Waals surface area contributed by atoms with Crippen LogP contribution in [0.1, 0.15) is 72.6 Å². The minimum atomic E-state index is -0.144. The van der Waals surface area contributed by atoms with E-state index in [1.807, 2.05) is 0 Å². The second-order valence-corrected chi connectivity index (χ2v) is 9.49. The van der Waals surface area contributed by atoms with Crippen LogP contribution in [0.4, 0.5) is 0 Å². The van der Waals surface area contributed by atoms with Crippen molar-refractivity contribution in [2.75, 3.05) is 6.61 Å². The molecular formula is C22H34O2. The lowest BCUT2D eigenvalue weighted by atomic mass is 9.45. The predicted molar refractivity (Wildman–Crippen MR) is 98.5 cm³/mol. The number of fused-ring (bicyclic) bond motifs is 3. The van der Waals surface area contributed by atoms with Crippen LogP contribution >= 0.6 is 0 Å². The summed E-state index contributed by atoms with van der Waals surface area (Å²) in [7, 11) is 0. The Labute approximate surface area is 147 Å². The number of ether oxygens (including phenoxy) is 1. The van der Waals surface area contributed by atoms with E-state index in [9.17, 15) is 4.79 Å². The minimum Gasteiger partial charge on any atom is -0.465 e. The van der Waals surface area contributed by atoms with Crippen LogP contribution in [0.15, 0.2) is 24.3 Å². The maximum Gasteiger partial charge on any atom is 0.302 e. The van der Waals surface area contributed by atoms with Gasteiger partial charge in [-0.2, -0.15) is 0 Å². The summed E-state index contributed by atoms with van der Waals surface area (Å²) in [6, 6.07) is 0. The van der Waals surface area contributed by atoms with Gasteiger partial charge in [-0.3, -0.25) is 4.79 Å². The average molecular weight is 331 g/mol. The molecule has 3 aliphatic carbocycles. The van der Waals surface area contributed by atoms with Gasteiger partial charge in [0.25, 0.3) is 0 Å². The smallest absolute Gasteiger partial charge is 0.302 e. The number of allylic oxidation sites excluding steroid dienone is 3. The van der Waals surface area contributed by atoms with E-state index in [1.54, 1.807) is 5.57 Å². The molecule has 3 aliphatic rings. The Morgan fingerprint density at radius 1 is 1.33 bits per heavy atom. The molecule has 2 unspecified atom stereocenters. The van der Waals surface area contributed by atoms with Gasteiger partial charge in [-0.25, -0.2) is 0 Å². The van der Waals surface area contributed by atoms with Crippen molar-refractivity contribution in [3.63, 3.8) is 0 Å². The van der Waals surface area contributed by atoms with Crippen LogP contribution in [0.5, 0.6) is 0 Å². The summed E-state index contributed by atoms with van der Waals surface area (Å²) in [5.41, 5.74) is 2.44. The normalized spacial score (nSPS) is 44.8. The number of esters is 1. The van der Waals surface area contributed by atoms with E-state index in [0.717, 1.165) is 6.42 Å². The molecule has 24 heavy (non-hydrogen) atoms. The van der Waals surface area contributed by atoms with Crippen LogP contribution in [0, 0.1) is 28.1 Å². The van der Waals surface area contributed by atoms with E-state index in [4.69, 9.17) is 4.74 Å². The highest BCUT2D eigenvalue weighted by Crippen LogP contribution is 2.63. The van der Waals surface area contributed by atoms with Crippen molar-refractivity contribution in [2.45, 2.75) is 72.6 Å². The highest BCUT2D eigenvalue weighted by Gasteiger charge is 2.55. The maximum absolute atomic E-state index is 11.4. The zero-order valence-corrected chi connectivity index (χ0v) is 16.0. The molecule has 0 aliphatic heterocycles. The molecule has 0 aromatic carbocycles.